The van der Waals surface area contributed by atoms with Gasteiger partial charge in [-0.15, -0.1) is 0 Å². The Morgan fingerprint density at radius 1 is 0.882 bits per heavy atom. The first-order valence-corrected chi connectivity index (χ1v) is 7.51. The van der Waals surface area contributed by atoms with Crippen LogP contribution in [-0.4, -0.2) is 0 Å². The van der Waals surface area contributed by atoms with Crippen LogP contribution in [0.1, 0.15) is 68.6 Å². The quantitative estimate of drug-likeness (QED) is 0.573. The van der Waals surface area contributed by atoms with Crippen LogP contribution in [0.2, 0.25) is 0 Å². The Hall–Kier alpha value is -0.780. The van der Waals surface area contributed by atoms with E-state index >= 15 is 0 Å². The third kappa shape index (κ3) is 3.87. The van der Waals surface area contributed by atoms with Gasteiger partial charge in [-0.25, -0.2) is 0 Å². The van der Waals surface area contributed by atoms with Crippen molar-refractivity contribution in [3.8, 4) is 0 Å². The van der Waals surface area contributed by atoms with Crippen LogP contribution < -0.4 is 0 Å². The van der Waals surface area contributed by atoms with Crippen molar-refractivity contribution < 1.29 is 0 Å². The van der Waals surface area contributed by atoms with Gasteiger partial charge in [0, 0.05) is 0 Å². The molecule has 1 aromatic carbocycles. The van der Waals surface area contributed by atoms with E-state index in [-0.39, 0.29) is 0 Å². The SMILES string of the molecule is CCCCCCCCc1ccc2c(c1)CCC2. The fraction of sp³-hybridized carbons (Fsp3) is 0.647. The van der Waals surface area contributed by atoms with Crippen LogP contribution in [0.3, 0.4) is 0 Å². The Kier molecular flexibility index (Phi) is 5.09. The van der Waals surface area contributed by atoms with E-state index in [4.69, 9.17) is 0 Å². The van der Waals surface area contributed by atoms with Gasteiger partial charge in [0.05, 0.1) is 0 Å². The molecule has 0 aromatic heterocycles. The molecule has 0 radical (unpaired) electrons. The van der Waals surface area contributed by atoms with Crippen molar-refractivity contribution in [1.29, 1.82) is 0 Å². The first kappa shape index (κ1) is 12.7. The topological polar surface area (TPSA) is 0 Å². The average molecular weight is 230 g/mol. The van der Waals surface area contributed by atoms with Gasteiger partial charge in [-0.2, -0.15) is 0 Å². The number of benzene rings is 1. The summed E-state index contributed by atoms with van der Waals surface area (Å²) < 4.78 is 0. The number of fused-ring (bicyclic) bond motifs is 1. The molecule has 0 N–H and O–H groups in total. The van der Waals surface area contributed by atoms with E-state index < -0.39 is 0 Å². The van der Waals surface area contributed by atoms with E-state index in [1.165, 1.54) is 64.2 Å². The Labute approximate surface area is 106 Å². The molecule has 0 heteroatoms. The van der Waals surface area contributed by atoms with Crippen LogP contribution in [-0.2, 0) is 19.3 Å². The van der Waals surface area contributed by atoms with E-state index in [0.29, 0.717) is 0 Å². The molecule has 17 heavy (non-hydrogen) atoms. The second kappa shape index (κ2) is 6.83. The molecule has 0 atom stereocenters. The lowest BCUT2D eigenvalue weighted by Gasteiger charge is -2.05. The van der Waals surface area contributed by atoms with E-state index in [0.717, 1.165) is 0 Å². The maximum absolute atomic E-state index is 2.47. The summed E-state index contributed by atoms with van der Waals surface area (Å²) in [6.07, 6.45) is 13.7. The molecule has 2 rings (SSSR count). The van der Waals surface area contributed by atoms with Gasteiger partial charge in [-0.3, -0.25) is 0 Å². The second-order valence-corrected chi connectivity index (χ2v) is 5.47. The van der Waals surface area contributed by atoms with Gasteiger partial charge in [0.25, 0.3) is 0 Å². The minimum Gasteiger partial charge on any atom is -0.0654 e. The van der Waals surface area contributed by atoms with Gasteiger partial charge in [0.15, 0.2) is 0 Å². The van der Waals surface area contributed by atoms with Crippen molar-refractivity contribution in [3.63, 3.8) is 0 Å². The molecule has 94 valence electrons. The molecule has 0 aliphatic heterocycles. The molecule has 0 amide bonds. The standard InChI is InChI=1S/C17H26/c1-2-3-4-5-6-7-9-15-12-13-16-10-8-11-17(16)14-15/h12-14H,2-11H2,1H3. The Morgan fingerprint density at radius 2 is 1.65 bits per heavy atom. The Bertz CT molecular complexity index is 338. The highest BCUT2D eigenvalue weighted by atomic mass is 14.2. The average Bonchev–Trinajstić information content (AvgIpc) is 2.81. The Balaban J connectivity index is 1.69. The molecule has 0 nitrogen and oxygen atoms in total. The molecule has 1 aromatic rings. The molecule has 0 unspecified atom stereocenters. The van der Waals surface area contributed by atoms with Gasteiger partial charge < -0.3 is 0 Å². The summed E-state index contributed by atoms with van der Waals surface area (Å²) in [5.74, 6) is 0. The minimum absolute atomic E-state index is 1.29. The highest BCUT2D eigenvalue weighted by molar-refractivity contribution is 5.35. The number of rotatable bonds is 7. The number of aryl methyl sites for hydroxylation is 3. The summed E-state index contributed by atoms with van der Waals surface area (Å²) in [6, 6.07) is 7.19. The molecule has 0 fully saturated rings. The number of hydrogen-bond donors (Lipinski definition) is 0. The van der Waals surface area contributed by atoms with Crippen LogP contribution in [0.5, 0.6) is 0 Å². The highest BCUT2D eigenvalue weighted by Crippen LogP contribution is 2.23. The predicted octanol–water partition coefficient (Wildman–Crippen LogP) is 5.08. The van der Waals surface area contributed by atoms with Crippen molar-refractivity contribution >= 4 is 0 Å². The Morgan fingerprint density at radius 3 is 2.53 bits per heavy atom. The third-order valence-corrected chi connectivity index (χ3v) is 3.98. The summed E-state index contributed by atoms with van der Waals surface area (Å²) in [5.41, 5.74) is 4.81. The molecule has 0 saturated carbocycles. The first-order valence-electron chi connectivity index (χ1n) is 7.51. The van der Waals surface area contributed by atoms with E-state index in [2.05, 4.69) is 25.1 Å². The zero-order valence-corrected chi connectivity index (χ0v) is 11.3. The second-order valence-electron chi connectivity index (χ2n) is 5.47. The van der Waals surface area contributed by atoms with Gasteiger partial charge in [0.2, 0.25) is 0 Å². The van der Waals surface area contributed by atoms with Crippen molar-refractivity contribution in [2.45, 2.75) is 71.1 Å². The van der Waals surface area contributed by atoms with Crippen molar-refractivity contribution in [2.24, 2.45) is 0 Å². The lowest BCUT2D eigenvalue weighted by molar-refractivity contribution is 0.607. The largest absolute Gasteiger partial charge is 0.0654 e. The summed E-state index contributed by atoms with van der Waals surface area (Å²) >= 11 is 0. The van der Waals surface area contributed by atoms with E-state index in [1.54, 1.807) is 16.7 Å². The zero-order chi connectivity index (χ0) is 11.9. The normalized spacial score (nSPS) is 13.9. The molecule has 0 bridgehead atoms. The molecular formula is C17H26. The summed E-state index contributed by atoms with van der Waals surface area (Å²) in [5, 5.41) is 0. The maximum atomic E-state index is 2.47. The first-order chi connectivity index (χ1) is 8.40. The van der Waals surface area contributed by atoms with Gasteiger partial charge >= 0.3 is 0 Å². The number of hydrogen-bond acceptors (Lipinski definition) is 0. The van der Waals surface area contributed by atoms with Gasteiger partial charge in [0.1, 0.15) is 0 Å². The van der Waals surface area contributed by atoms with Crippen LogP contribution in [0.15, 0.2) is 18.2 Å². The molecule has 0 spiro atoms. The van der Waals surface area contributed by atoms with E-state index in [9.17, 15) is 0 Å². The van der Waals surface area contributed by atoms with Crippen molar-refractivity contribution in [3.05, 3.63) is 34.9 Å². The predicted molar refractivity (Wildman–Crippen MR) is 75.5 cm³/mol. The molecular weight excluding hydrogens is 204 g/mol. The lowest BCUT2D eigenvalue weighted by atomic mass is 10.0. The summed E-state index contributed by atoms with van der Waals surface area (Å²) in [7, 11) is 0. The molecule has 1 aliphatic rings. The van der Waals surface area contributed by atoms with Crippen LogP contribution >= 0.6 is 0 Å². The lowest BCUT2D eigenvalue weighted by Crippen LogP contribution is -1.90. The van der Waals surface area contributed by atoms with Gasteiger partial charge in [-0.05, 0) is 48.8 Å². The molecule has 0 heterocycles. The summed E-state index contributed by atoms with van der Waals surface area (Å²) in [4.78, 5) is 0. The van der Waals surface area contributed by atoms with Crippen LogP contribution in [0.4, 0.5) is 0 Å². The fourth-order valence-corrected chi connectivity index (χ4v) is 2.89. The van der Waals surface area contributed by atoms with Crippen LogP contribution in [0.25, 0.3) is 0 Å². The summed E-state index contributed by atoms with van der Waals surface area (Å²) in [6.45, 7) is 2.28. The molecule has 1 aliphatic carbocycles. The van der Waals surface area contributed by atoms with Crippen LogP contribution in [0, 0.1) is 0 Å². The molecule has 0 saturated heterocycles. The fourth-order valence-electron chi connectivity index (χ4n) is 2.89. The van der Waals surface area contributed by atoms with E-state index in [1.807, 2.05) is 0 Å². The zero-order valence-electron chi connectivity index (χ0n) is 11.3. The van der Waals surface area contributed by atoms with Crippen molar-refractivity contribution in [1.82, 2.24) is 0 Å². The number of unbranched alkanes of at least 4 members (excludes halogenated alkanes) is 5. The maximum Gasteiger partial charge on any atom is -0.0273 e. The van der Waals surface area contributed by atoms with Crippen molar-refractivity contribution in [2.75, 3.05) is 0 Å². The third-order valence-electron chi connectivity index (χ3n) is 3.98. The highest BCUT2D eigenvalue weighted by Gasteiger charge is 2.10. The smallest absolute Gasteiger partial charge is 0.0273 e. The monoisotopic (exact) mass is 230 g/mol. The minimum atomic E-state index is 1.29. The van der Waals surface area contributed by atoms with Gasteiger partial charge in [-0.1, -0.05) is 57.2 Å².